The molecule has 0 bridgehead atoms. The van der Waals surface area contributed by atoms with Crippen molar-refractivity contribution in [2.45, 2.75) is 13.5 Å². The van der Waals surface area contributed by atoms with E-state index in [0.717, 1.165) is 5.69 Å². The van der Waals surface area contributed by atoms with Crippen molar-refractivity contribution in [3.05, 3.63) is 34.7 Å². The molecule has 1 saturated heterocycles. The highest BCUT2D eigenvalue weighted by atomic mass is 35.5. The quantitative estimate of drug-likeness (QED) is 0.794. The normalized spacial score (nSPS) is 15.2. The number of carbonyl (C=O) groups excluding carboxylic acids is 2. The molecular formula is C18H24ClN5O3. The lowest BCUT2D eigenvalue weighted by molar-refractivity contribution is 0.0768. The van der Waals surface area contributed by atoms with Crippen LogP contribution in [0.5, 0.6) is 0 Å². The summed E-state index contributed by atoms with van der Waals surface area (Å²) in [4.78, 5) is 34.4. The zero-order valence-corrected chi connectivity index (χ0v) is 16.6. The van der Waals surface area contributed by atoms with Crippen molar-refractivity contribution in [3.63, 3.8) is 0 Å². The van der Waals surface area contributed by atoms with Gasteiger partial charge in [0.15, 0.2) is 5.69 Å². The molecule has 0 aromatic carbocycles. The second-order valence-corrected chi connectivity index (χ2v) is 7.08. The summed E-state index contributed by atoms with van der Waals surface area (Å²) >= 11 is 6.15. The summed E-state index contributed by atoms with van der Waals surface area (Å²) in [7, 11) is 3.42. The number of fused-ring (bicyclic) bond motifs is 1. The number of aromatic nitrogens is 2. The Kier molecular flexibility index (Phi) is 5.86. The van der Waals surface area contributed by atoms with E-state index in [-0.39, 0.29) is 12.0 Å². The Balaban J connectivity index is 1.82. The number of hydrogen-bond donors (Lipinski definition) is 0. The highest BCUT2D eigenvalue weighted by Crippen LogP contribution is 2.20. The largest absolute Gasteiger partial charge is 0.450 e. The van der Waals surface area contributed by atoms with Gasteiger partial charge in [-0.05, 0) is 19.1 Å². The average Bonchev–Trinajstić information content (AvgIpc) is 2.99. The molecule has 8 nitrogen and oxygen atoms in total. The second kappa shape index (κ2) is 8.14. The molecule has 3 rings (SSSR count). The Morgan fingerprint density at radius 3 is 2.56 bits per heavy atom. The average molecular weight is 394 g/mol. The van der Waals surface area contributed by atoms with Gasteiger partial charge in [0.05, 0.1) is 17.3 Å². The molecular weight excluding hydrogens is 370 g/mol. The number of piperazine rings is 1. The molecule has 1 aliphatic heterocycles. The number of carbonyl (C=O) groups is 2. The predicted molar refractivity (Wildman–Crippen MR) is 102 cm³/mol. The highest BCUT2D eigenvalue weighted by Gasteiger charge is 2.26. The Morgan fingerprint density at radius 2 is 1.93 bits per heavy atom. The van der Waals surface area contributed by atoms with Gasteiger partial charge in [0.2, 0.25) is 0 Å². The Morgan fingerprint density at radius 1 is 1.22 bits per heavy atom. The second-order valence-electron chi connectivity index (χ2n) is 6.64. The molecule has 146 valence electrons. The molecule has 2 aromatic heterocycles. The van der Waals surface area contributed by atoms with Crippen molar-refractivity contribution in [2.24, 2.45) is 0 Å². The first kappa shape index (κ1) is 19.4. The van der Waals surface area contributed by atoms with E-state index in [1.807, 2.05) is 4.40 Å². The minimum absolute atomic E-state index is 0.144. The van der Waals surface area contributed by atoms with Crippen molar-refractivity contribution in [2.75, 3.05) is 46.9 Å². The molecule has 0 saturated carbocycles. The number of hydrogen-bond acceptors (Lipinski definition) is 5. The first-order valence-corrected chi connectivity index (χ1v) is 9.30. The molecule has 2 aromatic rings. The van der Waals surface area contributed by atoms with Crippen molar-refractivity contribution >= 4 is 29.2 Å². The van der Waals surface area contributed by atoms with Crippen molar-refractivity contribution in [1.82, 2.24) is 24.1 Å². The summed E-state index contributed by atoms with van der Waals surface area (Å²) in [5, 5.41) is 0.581. The summed E-state index contributed by atoms with van der Waals surface area (Å²) in [6.07, 6.45) is 1.50. The maximum absolute atomic E-state index is 12.6. The van der Waals surface area contributed by atoms with E-state index in [1.54, 1.807) is 44.2 Å². The van der Waals surface area contributed by atoms with Gasteiger partial charge in [0, 0.05) is 53.0 Å². The van der Waals surface area contributed by atoms with Crippen molar-refractivity contribution < 1.29 is 14.3 Å². The zero-order chi connectivity index (χ0) is 19.6. The summed E-state index contributed by atoms with van der Waals surface area (Å²) < 4.78 is 6.93. The van der Waals surface area contributed by atoms with Crippen LogP contribution < -0.4 is 0 Å². The standard InChI is InChI=1S/C18H24ClN5O3/c1-4-27-18(26)23-9-7-22(8-10-23)12-14-16(17(25)21(2)3)20-15-6-5-13(19)11-24(14)15/h5-6,11H,4,7-10,12H2,1-3H3. The van der Waals surface area contributed by atoms with E-state index in [2.05, 4.69) is 9.88 Å². The summed E-state index contributed by atoms with van der Waals surface area (Å²) in [6.45, 7) is 5.29. The molecule has 0 aliphatic carbocycles. The molecule has 1 aliphatic rings. The van der Waals surface area contributed by atoms with E-state index in [4.69, 9.17) is 16.3 Å². The van der Waals surface area contributed by atoms with Crippen LogP contribution in [0, 0.1) is 0 Å². The molecule has 0 N–H and O–H groups in total. The van der Waals surface area contributed by atoms with E-state index >= 15 is 0 Å². The van der Waals surface area contributed by atoms with Gasteiger partial charge in [-0.1, -0.05) is 11.6 Å². The van der Waals surface area contributed by atoms with Crippen LogP contribution in [0.15, 0.2) is 18.3 Å². The monoisotopic (exact) mass is 393 g/mol. The van der Waals surface area contributed by atoms with Gasteiger partial charge in [0.1, 0.15) is 5.65 Å². The fraction of sp³-hybridized carbons (Fsp3) is 0.500. The molecule has 9 heteroatoms. The zero-order valence-electron chi connectivity index (χ0n) is 15.8. The third-order valence-corrected chi connectivity index (χ3v) is 4.79. The van der Waals surface area contributed by atoms with Crippen LogP contribution in [0.3, 0.4) is 0 Å². The van der Waals surface area contributed by atoms with Crippen molar-refractivity contribution in [1.29, 1.82) is 0 Å². The number of pyridine rings is 1. The molecule has 0 atom stereocenters. The fourth-order valence-corrected chi connectivity index (χ4v) is 3.28. The molecule has 1 fully saturated rings. The smallest absolute Gasteiger partial charge is 0.409 e. The van der Waals surface area contributed by atoms with E-state index in [0.29, 0.717) is 55.7 Å². The van der Waals surface area contributed by atoms with Gasteiger partial charge in [-0.25, -0.2) is 9.78 Å². The van der Waals surface area contributed by atoms with Crippen LogP contribution in [0.4, 0.5) is 4.79 Å². The SMILES string of the molecule is CCOC(=O)N1CCN(Cc2c(C(=O)N(C)C)nc3ccc(Cl)cn23)CC1. The van der Waals surface area contributed by atoms with Crippen LogP contribution in [0.2, 0.25) is 5.02 Å². The Bertz CT molecular complexity index is 843. The lowest BCUT2D eigenvalue weighted by Gasteiger charge is -2.34. The van der Waals surface area contributed by atoms with Crippen LogP contribution >= 0.6 is 11.6 Å². The molecule has 27 heavy (non-hydrogen) atoms. The summed E-state index contributed by atoms with van der Waals surface area (Å²) in [5.41, 5.74) is 1.91. The van der Waals surface area contributed by atoms with Crippen LogP contribution in [-0.2, 0) is 11.3 Å². The topological polar surface area (TPSA) is 70.4 Å². The van der Waals surface area contributed by atoms with Crippen molar-refractivity contribution in [3.8, 4) is 0 Å². The van der Waals surface area contributed by atoms with E-state index in [9.17, 15) is 9.59 Å². The summed E-state index contributed by atoms with van der Waals surface area (Å²) in [6, 6.07) is 3.56. The van der Waals surface area contributed by atoms with Crippen LogP contribution in [0.25, 0.3) is 5.65 Å². The lowest BCUT2D eigenvalue weighted by atomic mass is 10.2. The Labute approximate surface area is 163 Å². The van der Waals surface area contributed by atoms with Gasteiger partial charge in [-0.3, -0.25) is 9.69 Å². The number of nitrogens with zero attached hydrogens (tertiary/aromatic N) is 5. The van der Waals surface area contributed by atoms with Gasteiger partial charge in [0.25, 0.3) is 5.91 Å². The lowest BCUT2D eigenvalue weighted by Crippen LogP contribution is -2.48. The highest BCUT2D eigenvalue weighted by molar-refractivity contribution is 6.30. The maximum Gasteiger partial charge on any atom is 0.409 e. The molecule has 3 heterocycles. The number of imidazole rings is 1. The molecule has 0 spiro atoms. The van der Waals surface area contributed by atoms with Gasteiger partial charge in [-0.2, -0.15) is 0 Å². The van der Waals surface area contributed by atoms with Gasteiger partial charge >= 0.3 is 6.09 Å². The number of rotatable bonds is 4. The third-order valence-electron chi connectivity index (χ3n) is 4.56. The minimum Gasteiger partial charge on any atom is -0.450 e. The summed E-state index contributed by atoms with van der Waals surface area (Å²) in [5.74, 6) is -0.144. The maximum atomic E-state index is 12.6. The number of ether oxygens (including phenoxy) is 1. The van der Waals surface area contributed by atoms with Crippen LogP contribution in [0.1, 0.15) is 23.1 Å². The van der Waals surface area contributed by atoms with Gasteiger partial charge in [-0.15, -0.1) is 0 Å². The number of amides is 2. The van der Waals surface area contributed by atoms with E-state index < -0.39 is 0 Å². The van der Waals surface area contributed by atoms with Crippen LogP contribution in [-0.4, -0.2) is 83.0 Å². The molecule has 2 amide bonds. The minimum atomic E-state index is -0.276. The number of halogens is 1. The fourth-order valence-electron chi connectivity index (χ4n) is 3.12. The first-order chi connectivity index (χ1) is 12.9. The third kappa shape index (κ3) is 4.17. The first-order valence-electron chi connectivity index (χ1n) is 8.93. The van der Waals surface area contributed by atoms with Gasteiger partial charge < -0.3 is 18.9 Å². The molecule has 0 radical (unpaired) electrons. The molecule has 0 unspecified atom stereocenters. The predicted octanol–water partition coefficient (Wildman–Crippen LogP) is 1.96. The van der Waals surface area contributed by atoms with E-state index in [1.165, 1.54) is 4.90 Å². The Hall–Kier alpha value is -2.32.